The van der Waals surface area contributed by atoms with E-state index in [4.69, 9.17) is 4.74 Å². The minimum absolute atomic E-state index is 0.0585. The number of nitrogens with zero attached hydrogens (tertiary/aromatic N) is 3. The van der Waals surface area contributed by atoms with Crippen molar-refractivity contribution in [2.24, 2.45) is 0 Å². The van der Waals surface area contributed by atoms with Crippen molar-refractivity contribution in [1.29, 1.82) is 0 Å². The molecule has 0 bridgehead atoms. The zero-order valence-electron chi connectivity index (χ0n) is 19.8. The second-order valence-corrected chi connectivity index (χ2v) is 9.99. The number of piperidine rings is 1. The minimum atomic E-state index is -0.608. The van der Waals surface area contributed by atoms with Crippen molar-refractivity contribution in [2.45, 2.75) is 36.4 Å². The van der Waals surface area contributed by atoms with Crippen molar-refractivity contribution in [2.75, 3.05) is 37.8 Å². The number of carbonyl (C=O) groups is 1. The summed E-state index contributed by atoms with van der Waals surface area (Å²) >= 11 is 1.47. The molecule has 11 heteroatoms. The van der Waals surface area contributed by atoms with Gasteiger partial charge in [-0.1, -0.05) is 0 Å². The zero-order chi connectivity index (χ0) is 25.2. The summed E-state index contributed by atoms with van der Waals surface area (Å²) < 4.78 is 34.2. The number of aromatic nitrogens is 2. The number of likely N-dealkylation sites (tertiary alicyclic amines) is 1. The Labute approximate surface area is 211 Å². The minimum Gasteiger partial charge on any atom is -0.497 e. The first kappa shape index (κ1) is 24.8. The van der Waals surface area contributed by atoms with Crippen LogP contribution in [0.2, 0.25) is 0 Å². The van der Waals surface area contributed by atoms with Crippen molar-refractivity contribution in [3.63, 3.8) is 0 Å². The van der Waals surface area contributed by atoms with Crippen molar-refractivity contribution >= 4 is 34.4 Å². The molecule has 1 aromatic carbocycles. The van der Waals surface area contributed by atoms with Crippen LogP contribution in [-0.4, -0.2) is 70.5 Å². The molecule has 5 rings (SSSR count). The lowest BCUT2D eigenvalue weighted by Crippen LogP contribution is -2.52. The Kier molecular flexibility index (Phi) is 7.33. The molecule has 0 unspecified atom stereocenters. The van der Waals surface area contributed by atoms with Crippen LogP contribution in [0.15, 0.2) is 35.4 Å². The predicted molar refractivity (Wildman–Crippen MR) is 133 cm³/mol. The van der Waals surface area contributed by atoms with E-state index >= 15 is 0 Å². The van der Waals surface area contributed by atoms with E-state index in [1.54, 1.807) is 6.07 Å². The lowest BCUT2D eigenvalue weighted by molar-refractivity contribution is -0.113. The summed E-state index contributed by atoms with van der Waals surface area (Å²) in [5.41, 5.74) is 1.29. The van der Waals surface area contributed by atoms with Crippen LogP contribution in [0.5, 0.6) is 5.75 Å². The fraction of sp³-hybridized carbons (Fsp3) is 0.400. The number of thioether (sulfide) groups is 1. The zero-order valence-corrected chi connectivity index (χ0v) is 20.6. The lowest BCUT2D eigenvalue weighted by Gasteiger charge is -2.36. The van der Waals surface area contributed by atoms with Gasteiger partial charge in [0.15, 0.2) is 5.82 Å². The molecule has 4 heterocycles. The van der Waals surface area contributed by atoms with Crippen LogP contribution in [-0.2, 0) is 17.8 Å². The van der Waals surface area contributed by atoms with Crippen LogP contribution in [0.3, 0.4) is 0 Å². The number of anilines is 1. The van der Waals surface area contributed by atoms with E-state index in [-0.39, 0.29) is 17.5 Å². The molecule has 1 saturated heterocycles. The van der Waals surface area contributed by atoms with Crippen molar-refractivity contribution in [3.8, 4) is 5.75 Å². The van der Waals surface area contributed by atoms with Gasteiger partial charge in [0.1, 0.15) is 22.9 Å². The van der Waals surface area contributed by atoms with Crippen LogP contribution in [0.4, 0.5) is 14.6 Å². The highest BCUT2D eigenvalue weighted by atomic mass is 32.2. The number of hydrogen-bond acceptors (Lipinski definition) is 8. The second kappa shape index (κ2) is 10.6. The number of nitrogens with one attached hydrogen (secondary N) is 2. The number of ether oxygens (including phenoxy) is 1. The number of β-amino-alcohol motifs (C(OH)–C–C–N with tert-alkyl or cyclic N) is 1. The molecule has 0 saturated carbocycles. The Hall–Kier alpha value is -2.86. The van der Waals surface area contributed by atoms with Gasteiger partial charge < -0.3 is 25.4 Å². The van der Waals surface area contributed by atoms with Crippen LogP contribution >= 0.6 is 11.8 Å². The van der Waals surface area contributed by atoms with Gasteiger partial charge in [0, 0.05) is 42.7 Å². The number of methoxy groups -OCH3 is 1. The molecule has 2 atom stereocenters. The van der Waals surface area contributed by atoms with Crippen LogP contribution in [0, 0.1) is 11.6 Å². The van der Waals surface area contributed by atoms with E-state index in [1.807, 2.05) is 12.1 Å². The highest BCUT2D eigenvalue weighted by molar-refractivity contribution is 8.00. The second-order valence-electron chi connectivity index (χ2n) is 8.97. The van der Waals surface area contributed by atoms with E-state index in [0.717, 1.165) is 23.3 Å². The Morgan fingerprint density at radius 3 is 2.97 bits per heavy atom. The third kappa shape index (κ3) is 5.29. The fourth-order valence-electron chi connectivity index (χ4n) is 4.68. The van der Waals surface area contributed by atoms with Gasteiger partial charge >= 0.3 is 0 Å². The third-order valence-corrected chi connectivity index (χ3v) is 7.66. The Morgan fingerprint density at radius 2 is 2.17 bits per heavy atom. The van der Waals surface area contributed by atoms with E-state index in [1.165, 1.54) is 24.9 Å². The molecule has 0 aliphatic carbocycles. The molecule has 2 aliphatic rings. The molecule has 3 N–H and O–H groups in total. The third-order valence-electron chi connectivity index (χ3n) is 6.61. The number of pyridine rings is 2. The number of aliphatic hydroxyl groups is 1. The summed E-state index contributed by atoms with van der Waals surface area (Å²) in [4.78, 5) is 23.1. The molecule has 1 amide bonds. The number of amides is 1. The molecular formula is C25H27F2N5O3S. The largest absolute Gasteiger partial charge is 0.497 e. The first-order valence-electron chi connectivity index (χ1n) is 11.8. The molecule has 36 heavy (non-hydrogen) atoms. The Morgan fingerprint density at radius 1 is 1.31 bits per heavy atom. The van der Waals surface area contributed by atoms with Gasteiger partial charge in [-0.2, -0.15) is 0 Å². The number of aliphatic hydroxyl groups excluding tert-OH is 1. The topological polar surface area (TPSA) is 99.6 Å². The molecular weight excluding hydrogens is 488 g/mol. The van der Waals surface area contributed by atoms with E-state index in [0.29, 0.717) is 60.7 Å². The normalized spacial score (nSPS) is 20.3. The molecule has 2 aliphatic heterocycles. The maximum atomic E-state index is 14.6. The van der Waals surface area contributed by atoms with Gasteiger partial charge in [-0.15, -0.1) is 11.8 Å². The Bertz CT molecular complexity index is 1290. The summed E-state index contributed by atoms with van der Waals surface area (Å²) in [7, 11) is 1.44. The van der Waals surface area contributed by atoms with Gasteiger partial charge in [0.2, 0.25) is 5.91 Å². The van der Waals surface area contributed by atoms with Gasteiger partial charge in [-0.05, 0) is 37.6 Å². The van der Waals surface area contributed by atoms with Gasteiger partial charge in [-0.25, -0.2) is 13.8 Å². The monoisotopic (exact) mass is 515 g/mol. The quantitative estimate of drug-likeness (QED) is 0.442. The number of hydrogen-bond donors (Lipinski definition) is 3. The SMILES string of the molecule is COc1cc(F)c2ncc(F)c(CCN3CC[C@H](NCc4ccc5c(n4)NC(=O)CS5)[C@@H](O)C3)c2c1. The number of halogens is 2. The highest BCUT2D eigenvalue weighted by Gasteiger charge is 2.28. The maximum Gasteiger partial charge on any atom is 0.235 e. The van der Waals surface area contributed by atoms with Gasteiger partial charge in [0.25, 0.3) is 0 Å². The number of fused-ring (bicyclic) bond motifs is 2. The highest BCUT2D eigenvalue weighted by Crippen LogP contribution is 2.30. The standard InChI is InChI=1S/C25H27F2N5O3S/c1-35-15-8-17-16(19(27)11-29-24(17)18(26)9-15)4-6-32-7-5-20(21(33)12-32)28-10-14-2-3-22-25(30-14)31-23(34)13-36-22/h2-3,8-9,11,20-21,28,33H,4-7,10,12-13H2,1H3,(H,30,31,34)/t20-,21-/m0/s1. The lowest BCUT2D eigenvalue weighted by atomic mass is 10.00. The predicted octanol–water partition coefficient (Wildman–Crippen LogP) is 2.73. The summed E-state index contributed by atoms with van der Waals surface area (Å²) in [5, 5.41) is 17.3. The molecule has 2 aromatic heterocycles. The summed E-state index contributed by atoms with van der Waals surface area (Å²) in [6.07, 6.45) is 1.51. The van der Waals surface area contributed by atoms with E-state index in [9.17, 15) is 18.7 Å². The van der Waals surface area contributed by atoms with Crippen LogP contribution < -0.4 is 15.4 Å². The summed E-state index contributed by atoms with van der Waals surface area (Å²) in [6, 6.07) is 6.60. The van der Waals surface area contributed by atoms with Crippen molar-refractivity contribution in [1.82, 2.24) is 20.2 Å². The van der Waals surface area contributed by atoms with Crippen LogP contribution in [0.1, 0.15) is 17.7 Å². The molecule has 190 valence electrons. The average molecular weight is 516 g/mol. The van der Waals surface area contributed by atoms with Gasteiger partial charge in [0.05, 0.1) is 35.8 Å². The maximum absolute atomic E-state index is 14.6. The molecule has 1 fully saturated rings. The average Bonchev–Trinajstić information content (AvgIpc) is 2.87. The fourth-order valence-corrected chi connectivity index (χ4v) is 5.44. The van der Waals surface area contributed by atoms with Crippen LogP contribution in [0.25, 0.3) is 10.9 Å². The van der Waals surface area contributed by atoms with Gasteiger partial charge in [-0.3, -0.25) is 9.78 Å². The van der Waals surface area contributed by atoms with Crippen molar-refractivity contribution in [3.05, 3.63) is 53.4 Å². The molecule has 0 spiro atoms. The summed E-state index contributed by atoms with van der Waals surface area (Å²) in [5.74, 6) is 0.190. The first-order valence-corrected chi connectivity index (χ1v) is 12.8. The molecule has 0 radical (unpaired) electrons. The van der Waals surface area contributed by atoms with E-state index < -0.39 is 17.7 Å². The summed E-state index contributed by atoms with van der Waals surface area (Å²) in [6.45, 7) is 2.14. The molecule has 3 aromatic rings. The Balaban J connectivity index is 1.18. The molecule has 8 nitrogen and oxygen atoms in total. The smallest absolute Gasteiger partial charge is 0.235 e. The number of carbonyl (C=O) groups excluding carboxylic acids is 1. The number of rotatable bonds is 7. The van der Waals surface area contributed by atoms with E-state index in [2.05, 4.69) is 25.5 Å². The van der Waals surface area contributed by atoms with Crippen molar-refractivity contribution < 1.29 is 23.4 Å². The first-order chi connectivity index (χ1) is 17.4. The number of benzene rings is 1.